The lowest BCUT2D eigenvalue weighted by atomic mass is 10.2. The Morgan fingerprint density at radius 1 is 0.867 bits per heavy atom. The van der Waals surface area contributed by atoms with Gasteiger partial charge < -0.3 is 9.47 Å². The van der Waals surface area contributed by atoms with Crippen LogP contribution in [0.5, 0.6) is 11.5 Å². The molecule has 30 heavy (non-hydrogen) atoms. The van der Waals surface area contributed by atoms with Gasteiger partial charge in [-0.3, -0.25) is 20.4 Å². The maximum Gasteiger partial charge on any atom is 0.279 e. The molecule has 0 fully saturated rings. The maximum absolute atomic E-state index is 12.6. The van der Waals surface area contributed by atoms with Crippen LogP contribution in [0.25, 0.3) is 0 Å². The lowest BCUT2D eigenvalue weighted by Gasteiger charge is -2.16. The zero-order valence-electron chi connectivity index (χ0n) is 16.9. The van der Waals surface area contributed by atoms with E-state index in [1.165, 1.54) is 0 Å². The van der Waals surface area contributed by atoms with E-state index >= 15 is 0 Å². The van der Waals surface area contributed by atoms with Crippen molar-refractivity contribution in [1.29, 1.82) is 0 Å². The SMILES string of the molecule is Cc1ccc(OC(C)C(=O)NNC(=O)c2ccccc2OCc2ccccc2)cc1. The Kier molecular flexibility index (Phi) is 7.05. The molecule has 1 atom stereocenters. The van der Waals surface area contributed by atoms with Crippen LogP contribution in [0.2, 0.25) is 0 Å². The Balaban J connectivity index is 1.55. The molecular formula is C24H24N2O4. The smallest absolute Gasteiger partial charge is 0.279 e. The predicted molar refractivity (Wildman–Crippen MR) is 114 cm³/mol. The first-order valence-electron chi connectivity index (χ1n) is 9.62. The minimum Gasteiger partial charge on any atom is -0.488 e. The van der Waals surface area contributed by atoms with Crippen LogP contribution in [-0.2, 0) is 11.4 Å². The van der Waals surface area contributed by atoms with Crippen molar-refractivity contribution in [3.8, 4) is 11.5 Å². The number of aryl methyl sites for hydroxylation is 1. The number of nitrogens with one attached hydrogen (secondary N) is 2. The van der Waals surface area contributed by atoms with Crippen molar-refractivity contribution in [2.45, 2.75) is 26.6 Å². The normalized spacial score (nSPS) is 11.3. The van der Waals surface area contributed by atoms with Gasteiger partial charge in [-0.2, -0.15) is 0 Å². The highest BCUT2D eigenvalue weighted by Gasteiger charge is 2.17. The highest BCUT2D eigenvalue weighted by molar-refractivity contribution is 5.98. The van der Waals surface area contributed by atoms with E-state index in [4.69, 9.17) is 9.47 Å². The fraction of sp³-hybridized carbons (Fsp3) is 0.167. The average molecular weight is 404 g/mol. The van der Waals surface area contributed by atoms with Crippen molar-refractivity contribution in [3.05, 3.63) is 95.6 Å². The lowest BCUT2D eigenvalue weighted by Crippen LogP contribution is -2.47. The number of carbonyl (C=O) groups is 2. The second-order valence-corrected chi connectivity index (χ2v) is 6.79. The van der Waals surface area contributed by atoms with Gasteiger partial charge in [0.1, 0.15) is 18.1 Å². The van der Waals surface area contributed by atoms with Crippen LogP contribution in [-0.4, -0.2) is 17.9 Å². The van der Waals surface area contributed by atoms with E-state index in [9.17, 15) is 9.59 Å². The van der Waals surface area contributed by atoms with Crippen molar-refractivity contribution >= 4 is 11.8 Å². The predicted octanol–water partition coefficient (Wildman–Crippen LogP) is 3.80. The first-order chi connectivity index (χ1) is 14.5. The first-order valence-corrected chi connectivity index (χ1v) is 9.62. The number of hydrogen-bond acceptors (Lipinski definition) is 4. The van der Waals surface area contributed by atoms with E-state index in [1.54, 1.807) is 43.3 Å². The third-order valence-corrected chi connectivity index (χ3v) is 4.37. The van der Waals surface area contributed by atoms with Crippen LogP contribution in [0.1, 0.15) is 28.4 Å². The molecule has 0 spiro atoms. The number of rotatable bonds is 7. The van der Waals surface area contributed by atoms with E-state index in [1.807, 2.05) is 49.4 Å². The minimum absolute atomic E-state index is 0.320. The highest BCUT2D eigenvalue weighted by atomic mass is 16.5. The van der Waals surface area contributed by atoms with Crippen LogP contribution in [0.3, 0.4) is 0 Å². The zero-order chi connectivity index (χ0) is 21.3. The topological polar surface area (TPSA) is 76.7 Å². The van der Waals surface area contributed by atoms with Crippen molar-refractivity contribution in [2.75, 3.05) is 0 Å². The Morgan fingerprint density at radius 2 is 1.53 bits per heavy atom. The molecule has 3 aromatic rings. The fourth-order valence-electron chi connectivity index (χ4n) is 2.68. The molecule has 0 aliphatic heterocycles. The van der Waals surface area contributed by atoms with Gasteiger partial charge in [-0.15, -0.1) is 0 Å². The molecular weight excluding hydrogens is 380 g/mol. The molecule has 0 bridgehead atoms. The summed E-state index contributed by atoms with van der Waals surface area (Å²) in [6.45, 7) is 3.91. The highest BCUT2D eigenvalue weighted by Crippen LogP contribution is 2.19. The molecule has 6 heteroatoms. The molecule has 2 amide bonds. The van der Waals surface area contributed by atoms with Gasteiger partial charge in [0.2, 0.25) is 0 Å². The quantitative estimate of drug-likeness (QED) is 0.587. The summed E-state index contributed by atoms with van der Waals surface area (Å²) in [6.07, 6.45) is -0.780. The molecule has 0 radical (unpaired) electrons. The summed E-state index contributed by atoms with van der Waals surface area (Å²) in [5.74, 6) is 0.0625. The monoisotopic (exact) mass is 404 g/mol. The molecule has 3 aromatic carbocycles. The molecule has 0 aliphatic rings. The summed E-state index contributed by atoms with van der Waals surface area (Å²) < 4.78 is 11.4. The average Bonchev–Trinajstić information content (AvgIpc) is 2.78. The summed E-state index contributed by atoms with van der Waals surface area (Å²) >= 11 is 0. The van der Waals surface area contributed by atoms with Gasteiger partial charge in [0.15, 0.2) is 6.10 Å². The van der Waals surface area contributed by atoms with Gasteiger partial charge in [0, 0.05) is 0 Å². The molecule has 0 aromatic heterocycles. The molecule has 154 valence electrons. The van der Waals surface area contributed by atoms with Crippen LogP contribution in [0.4, 0.5) is 0 Å². The third kappa shape index (κ3) is 5.85. The Hall–Kier alpha value is -3.80. The molecule has 0 heterocycles. The zero-order valence-corrected chi connectivity index (χ0v) is 16.9. The summed E-state index contributed by atoms with van der Waals surface area (Å²) in [7, 11) is 0. The van der Waals surface area contributed by atoms with Crippen LogP contribution in [0, 0.1) is 6.92 Å². The Morgan fingerprint density at radius 3 is 2.27 bits per heavy atom. The maximum atomic E-state index is 12.6. The van der Waals surface area contributed by atoms with Gasteiger partial charge in [-0.25, -0.2) is 0 Å². The van der Waals surface area contributed by atoms with Crippen molar-refractivity contribution in [1.82, 2.24) is 10.9 Å². The van der Waals surface area contributed by atoms with E-state index in [2.05, 4.69) is 10.9 Å². The van der Waals surface area contributed by atoms with Crippen LogP contribution < -0.4 is 20.3 Å². The number of carbonyl (C=O) groups excluding carboxylic acids is 2. The number of ether oxygens (including phenoxy) is 2. The van der Waals surface area contributed by atoms with E-state index in [0.29, 0.717) is 23.7 Å². The van der Waals surface area contributed by atoms with E-state index < -0.39 is 17.9 Å². The van der Waals surface area contributed by atoms with Crippen molar-refractivity contribution in [3.63, 3.8) is 0 Å². The summed E-state index contributed by atoms with van der Waals surface area (Å²) in [6, 6.07) is 23.9. The first kappa shape index (κ1) is 20.9. The third-order valence-electron chi connectivity index (χ3n) is 4.37. The molecule has 0 saturated heterocycles. The molecule has 3 rings (SSSR count). The molecule has 0 saturated carbocycles. The van der Waals surface area contributed by atoms with Crippen molar-refractivity contribution < 1.29 is 19.1 Å². The lowest BCUT2D eigenvalue weighted by molar-refractivity contribution is -0.128. The van der Waals surface area contributed by atoms with E-state index in [-0.39, 0.29) is 0 Å². The Bertz CT molecular complexity index is 988. The van der Waals surface area contributed by atoms with Gasteiger partial charge in [-0.1, -0.05) is 60.2 Å². The standard InChI is InChI=1S/C24H24N2O4/c1-17-12-14-20(15-13-17)30-18(2)23(27)25-26-24(28)21-10-6-7-11-22(21)29-16-19-8-4-3-5-9-19/h3-15,18H,16H2,1-2H3,(H,25,27)(H,26,28). The number of hydrogen-bond donors (Lipinski definition) is 2. The van der Waals surface area contributed by atoms with Gasteiger partial charge >= 0.3 is 0 Å². The number of para-hydroxylation sites is 1. The van der Waals surface area contributed by atoms with Gasteiger partial charge in [-0.05, 0) is 43.7 Å². The molecule has 2 N–H and O–H groups in total. The van der Waals surface area contributed by atoms with Crippen LogP contribution in [0.15, 0.2) is 78.9 Å². The fourth-order valence-corrected chi connectivity index (χ4v) is 2.68. The van der Waals surface area contributed by atoms with Crippen molar-refractivity contribution in [2.24, 2.45) is 0 Å². The van der Waals surface area contributed by atoms with E-state index in [0.717, 1.165) is 11.1 Å². The summed E-state index contributed by atoms with van der Waals surface area (Å²) in [5, 5.41) is 0. The summed E-state index contributed by atoms with van der Waals surface area (Å²) in [5.41, 5.74) is 7.22. The minimum atomic E-state index is -0.780. The molecule has 1 unspecified atom stereocenters. The summed E-state index contributed by atoms with van der Waals surface area (Å²) in [4.78, 5) is 24.8. The van der Waals surface area contributed by atoms with Gasteiger partial charge in [0.05, 0.1) is 5.56 Å². The largest absolute Gasteiger partial charge is 0.488 e. The molecule has 0 aliphatic carbocycles. The number of benzene rings is 3. The number of amides is 2. The Labute approximate surface area is 175 Å². The van der Waals surface area contributed by atoms with Crippen LogP contribution >= 0.6 is 0 Å². The second-order valence-electron chi connectivity index (χ2n) is 6.79. The molecule has 6 nitrogen and oxygen atoms in total. The van der Waals surface area contributed by atoms with Gasteiger partial charge in [0.25, 0.3) is 11.8 Å². The second kappa shape index (κ2) is 10.1. The number of hydrazine groups is 1.